The second-order valence-corrected chi connectivity index (χ2v) is 2.35. The van der Waals surface area contributed by atoms with Gasteiger partial charge in [-0.15, -0.1) is 0 Å². The highest BCUT2D eigenvalue weighted by Gasteiger charge is 2.24. The number of carbonyl (C=O) groups is 1. The first-order valence-corrected chi connectivity index (χ1v) is 3.03. The molecule has 0 fully saturated rings. The molecular weight excluding hydrogens is 130 g/mol. The Bertz CT molecular complexity index is 208. The van der Waals surface area contributed by atoms with E-state index in [1.165, 1.54) is 6.26 Å². The van der Waals surface area contributed by atoms with Crippen molar-refractivity contribution >= 4 is 12.0 Å². The van der Waals surface area contributed by atoms with Gasteiger partial charge in [-0.25, -0.2) is 4.99 Å². The van der Waals surface area contributed by atoms with E-state index >= 15 is 0 Å². The molecule has 0 aromatic rings. The van der Waals surface area contributed by atoms with Crippen LogP contribution in [0.15, 0.2) is 17.3 Å². The van der Waals surface area contributed by atoms with Gasteiger partial charge in [-0.05, 0) is 13.0 Å². The summed E-state index contributed by atoms with van der Waals surface area (Å²) in [5.41, 5.74) is -0.181. The fourth-order valence-electron chi connectivity index (χ4n) is 0.738. The third-order valence-electron chi connectivity index (χ3n) is 1.23. The molecule has 0 N–H and O–H groups in total. The predicted molar refractivity (Wildman–Crippen MR) is 37.8 cm³/mol. The first kappa shape index (κ1) is 6.99. The molecule has 0 aromatic carbocycles. The quantitative estimate of drug-likeness (QED) is 0.506. The Morgan fingerprint density at radius 1 is 1.80 bits per heavy atom. The first-order chi connectivity index (χ1) is 4.66. The second-order valence-electron chi connectivity index (χ2n) is 2.35. The number of allylic oxidation sites excluding steroid dienone is 1. The van der Waals surface area contributed by atoms with Crippen LogP contribution < -0.4 is 0 Å². The summed E-state index contributed by atoms with van der Waals surface area (Å²) in [6, 6.07) is 0. The molecule has 1 atom stereocenters. The highest BCUT2D eigenvalue weighted by Crippen LogP contribution is 2.13. The lowest BCUT2D eigenvalue weighted by molar-refractivity contribution is -0.122. The molecule has 0 saturated carbocycles. The summed E-state index contributed by atoms with van der Waals surface area (Å²) in [7, 11) is 0. The molecule has 10 heavy (non-hydrogen) atoms. The van der Waals surface area contributed by atoms with Gasteiger partial charge in [0.1, 0.15) is 0 Å². The van der Waals surface area contributed by atoms with Crippen LogP contribution in [-0.2, 0) is 9.53 Å². The monoisotopic (exact) mass is 139 g/mol. The molecule has 0 saturated heterocycles. The maximum atomic E-state index is 10.4. The Labute approximate surface area is 59.4 Å². The van der Waals surface area contributed by atoms with Gasteiger partial charge in [0.25, 0.3) is 5.72 Å². The molecule has 0 aromatic heterocycles. The van der Waals surface area contributed by atoms with E-state index in [1.54, 1.807) is 13.0 Å². The van der Waals surface area contributed by atoms with E-state index in [4.69, 9.17) is 4.74 Å². The van der Waals surface area contributed by atoms with Gasteiger partial charge in [0.2, 0.25) is 0 Å². The van der Waals surface area contributed by atoms with Crippen molar-refractivity contribution in [3.63, 3.8) is 0 Å². The summed E-state index contributed by atoms with van der Waals surface area (Å²) in [6.07, 6.45) is 3.88. The van der Waals surface area contributed by atoms with Gasteiger partial charge in [0.15, 0.2) is 6.29 Å². The van der Waals surface area contributed by atoms with E-state index in [9.17, 15) is 4.79 Å². The minimum atomic E-state index is -0.987. The van der Waals surface area contributed by atoms with Crippen molar-refractivity contribution < 1.29 is 9.53 Å². The van der Waals surface area contributed by atoms with Gasteiger partial charge >= 0.3 is 0 Å². The fourth-order valence-corrected chi connectivity index (χ4v) is 0.738. The van der Waals surface area contributed by atoms with Crippen molar-refractivity contribution in [1.82, 2.24) is 0 Å². The maximum Gasteiger partial charge on any atom is 0.252 e. The lowest BCUT2D eigenvalue weighted by Crippen LogP contribution is -2.29. The van der Waals surface area contributed by atoms with Crippen molar-refractivity contribution in [2.24, 2.45) is 4.99 Å². The number of aliphatic imine (C=N–C) groups is 1. The Balaban J connectivity index is 2.86. The van der Waals surface area contributed by atoms with Crippen molar-refractivity contribution in [3.05, 3.63) is 12.3 Å². The van der Waals surface area contributed by atoms with Crippen LogP contribution in [0.1, 0.15) is 13.8 Å². The van der Waals surface area contributed by atoms with Crippen LogP contribution in [0.25, 0.3) is 0 Å². The van der Waals surface area contributed by atoms with Gasteiger partial charge in [-0.3, -0.25) is 4.79 Å². The lowest BCUT2D eigenvalue weighted by atomic mass is 10.2. The predicted octanol–water partition coefficient (Wildman–Crippen LogP) is 0.906. The van der Waals surface area contributed by atoms with E-state index in [0.29, 0.717) is 6.29 Å². The van der Waals surface area contributed by atoms with Crippen LogP contribution in [0.5, 0.6) is 0 Å². The van der Waals surface area contributed by atoms with Crippen LogP contribution >= 0.6 is 0 Å². The van der Waals surface area contributed by atoms with Gasteiger partial charge in [-0.2, -0.15) is 0 Å². The summed E-state index contributed by atoms with van der Waals surface area (Å²) in [5.74, 6) is 0. The maximum absolute atomic E-state index is 10.4. The summed E-state index contributed by atoms with van der Waals surface area (Å²) in [6.45, 7) is 3.44. The third kappa shape index (κ3) is 1.23. The molecule has 0 aliphatic carbocycles. The van der Waals surface area contributed by atoms with Crippen LogP contribution in [0.4, 0.5) is 0 Å². The number of hydrogen-bond acceptors (Lipinski definition) is 3. The molecule has 1 aliphatic heterocycles. The molecule has 0 spiro atoms. The Kier molecular flexibility index (Phi) is 1.57. The Morgan fingerprint density at radius 3 is 2.90 bits per heavy atom. The zero-order valence-corrected chi connectivity index (χ0v) is 6.00. The van der Waals surface area contributed by atoms with Crippen molar-refractivity contribution in [2.45, 2.75) is 19.6 Å². The standard InChI is InChI=1S/C7H9NO2/c1-6-3-4-10-7(2,5-9)8-6/h3-5H,1-2H3. The molecule has 3 nitrogen and oxygen atoms in total. The average molecular weight is 139 g/mol. The number of hydrogen-bond donors (Lipinski definition) is 0. The number of rotatable bonds is 1. The summed E-state index contributed by atoms with van der Waals surface area (Å²) < 4.78 is 4.95. The summed E-state index contributed by atoms with van der Waals surface area (Å²) >= 11 is 0. The SMILES string of the molecule is CC1=NC(C)(C=O)OC=C1. The van der Waals surface area contributed by atoms with E-state index in [0.717, 1.165) is 5.71 Å². The Morgan fingerprint density at radius 2 is 2.50 bits per heavy atom. The number of nitrogens with zero attached hydrogens (tertiary/aromatic N) is 1. The van der Waals surface area contributed by atoms with Crippen molar-refractivity contribution in [1.29, 1.82) is 0 Å². The number of carbonyl (C=O) groups excluding carboxylic acids is 1. The lowest BCUT2D eigenvalue weighted by Gasteiger charge is -2.20. The molecule has 1 heterocycles. The van der Waals surface area contributed by atoms with Crippen LogP contribution in [0.3, 0.4) is 0 Å². The average Bonchev–Trinajstić information content (AvgIpc) is 1.88. The molecule has 0 amide bonds. The smallest absolute Gasteiger partial charge is 0.252 e. The van der Waals surface area contributed by atoms with Crippen LogP contribution in [0, 0.1) is 0 Å². The summed E-state index contributed by atoms with van der Waals surface area (Å²) in [5, 5.41) is 0. The second kappa shape index (κ2) is 2.25. The van der Waals surface area contributed by atoms with Gasteiger partial charge in [-0.1, -0.05) is 0 Å². The normalized spacial score (nSPS) is 30.8. The summed E-state index contributed by atoms with van der Waals surface area (Å²) in [4.78, 5) is 14.3. The van der Waals surface area contributed by atoms with Gasteiger partial charge in [0, 0.05) is 12.6 Å². The minimum absolute atomic E-state index is 0.681. The highest BCUT2D eigenvalue weighted by molar-refractivity contribution is 5.94. The van der Waals surface area contributed by atoms with Gasteiger partial charge in [0.05, 0.1) is 6.26 Å². The zero-order valence-electron chi connectivity index (χ0n) is 6.00. The molecule has 1 aliphatic rings. The largest absolute Gasteiger partial charge is 0.467 e. The Hall–Kier alpha value is -1.12. The first-order valence-electron chi connectivity index (χ1n) is 3.03. The van der Waals surface area contributed by atoms with E-state index in [2.05, 4.69) is 4.99 Å². The van der Waals surface area contributed by atoms with Crippen molar-refractivity contribution in [3.8, 4) is 0 Å². The topological polar surface area (TPSA) is 38.7 Å². The van der Waals surface area contributed by atoms with Crippen LogP contribution in [0.2, 0.25) is 0 Å². The number of aldehydes is 1. The molecule has 0 radical (unpaired) electrons. The molecule has 1 rings (SSSR count). The highest BCUT2D eigenvalue weighted by atomic mass is 16.5. The molecule has 3 heteroatoms. The fraction of sp³-hybridized carbons (Fsp3) is 0.429. The van der Waals surface area contributed by atoms with E-state index < -0.39 is 5.72 Å². The zero-order chi connectivity index (χ0) is 7.61. The molecule has 1 unspecified atom stereocenters. The van der Waals surface area contributed by atoms with Gasteiger partial charge < -0.3 is 4.74 Å². The number of ether oxygens (including phenoxy) is 1. The van der Waals surface area contributed by atoms with Crippen molar-refractivity contribution in [2.75, 3.05) is 0 Å². The molecule has 0 bridgehead atoms. The van der Waals surface area contributed by atoms with E-state index in [-0.39, 0.29) is 0 Å². The molecular formula is C7H9NO2. The molecule has 54 valence electrons. The van der Waals surface area contributed by atoms with E-state index in [1.807, 2.05) is 6.92 Å². The minimum Gasteiger partial charge on any atom is -0.467 e. The third-order valence-corrected chi connectivity index (χ3v) is 1.23. The van der Waals surface area contributed by atoms with Crippen LogP contribution in [-0.4, -0.2) is 17.7 Å².